The van der Waals surface area contributed by atoms with Crippen LogP contribution in [0.2, 0.25) is 0 Å². The Hall–Kier alpha value is -1.85. The van der Waals surface area contributed by atoms with E-state index in [1.165, 1.54) is 13.8 Å². The average molecular weight is 240 g/mol. The number of carboxylic acids is 1. The van der Waals surface area contributed by atoms with Crippen LogP contribution >= 0.6 is 0 Å². The number of carbonyl (C=O) groups excluding carboxylic acids is 1. The summed E-state index contributed by atoms with van der Waals surface area (Å²) in [7, 11) is 0. The molecule has 0 aliphatic carbocycles. The van der Waals surface area contributed by atoms with Crippen molar-refractivity contribution in [3.8, 4) is 0 Å². The van der Waals surface area contributed by atoms with Crippen molar-refractivity contribution >= 4 is 11.9 Å². The third kappa shape index (κ3) is 3.30. The van der Waals surface area contributed by atoms with Crippen LogP contribution in [0.15, 0.2) is 4.42 Å². The summed E-state index contributed by atoms with van der Waals surface area (Å²) in [6, 6.07) is 0. The average Bonchev–Trinajstić information content (AvgIpc) is 2.43. The minimum Gasteiger partial charge on any atom is -0.480 e. The van der Waals surface area contributed by atoms with Crippen LogP contribution in [0.25, 0.3) is 0 Å². The van der Waals surface area contributed by atoms with E-state index in [1.807, 2.05) is 0 Å². The third-order valence-electron chi connectivity index (χ3n) is 2.37. The Kier molecular flexibility index (Phi) is 3.55. The summed E-state index contributed by atoms with van der Waals surface area (Å²) in [6.07, 6.45) is -0.0641. The highest BCUT2D eigenvalue weighted by molar-refractivity contribution is 5.86. The zero-order chi connectivity index (χ0) is 13.2. The molecule has 1 rings (SSSR count). The van der Waals surface area contributed by atoms with Gasteiger partial charge >= 0.3 is 5.97 Å². The predicted octanol–water partition coefficient (Wildman–Crippen LogP) is 0.813. The lowest BCUT2D eigenvalue weighted by molar-refractivity contribution is -0.146. The van der Waals surface area contributed by atoms with Crippen molar-refractivity contribution in [3.63, 3.8) is 0 Å². The number of amides is 1. The van der Waals surface area contributed by atoms with E-state index in [0.29, 0.717) is 11.7 Å². The van der Waals surface area contributed by atoms with Gasteiger partial charge in [0.15, 0.2) is 0 Å². The van der Waals surface area contributed by atoms with Crippen molar-refractivity contribution in [2.75, 3.05) is 0 Å². The van der Waals surface area contributed by atoms with Crippen LogP contribution in [-0.4, -0.2) is 27.5 Å². The van der Waals surface area contributed by atoms with Gasteiger partial charge < -0.3 is 14.8 Å². The van der Waals surface area contributed by atoms with Gasteiger partial charge in [-0.15, -0.1) is 0 Å². The summed E-state index contributed by atoms with van der Waals surface area (Å²) in [5.41, 5.74) is -0.571. The van der Waals surface area contributed by atoms with Crippen molar-refractivity contribution in [2.24, 2.45) is 0 Å². The van der Waals surface area contributed by atoms with Gasteiger partial charge in [0.1, 0.15) is 17.7 Å². The molecule has 1 aromatic rings. The Labute approximate surface area is 99.0 Å². The van der Waals surface area contributed by atoms with Gasteiger partial charge in [-0.3, -0.25) is 4.79 Å². The van der Waals surface area contributed by atoms with Gasteiger partial charge in [0.2, 0.25) is 11.8 Å². The molecule has 94 valence electrons. The fourth-order valence-electron chi connectivity index (χ4n) is 1.20. The van der Waals surface area contributed by atoms with Gasteiger partial charge in [-0.05, 0) is 27.7 Å². The number of nitrogens with zero attached hydrogens (tertiary/aromatic N) is 1. The van der Waals surface area contributed by atoms with Crippen molar-refractivity contribution in [1.29, 1.82) is 0 Å². The molecule has 0 saturated heterocycles. The summed E-state index contributed by atoms with van der Waals surface area (Å²) >= 11 is 0. The molecule has 1 heterocycles. The van der Waals surface area contributed by atoms with E-state index in [-0.39, 0.29) is 6.42 Å². The Balaban J connectivity index is 2.65. The predicted molar refractivity (Wildman–Crippen MR) is 59.5 cm³/mol. The Morgan fingerprint density at radius 1 is 1.41 bits per heavy atom. The maximum atomic E-state index is 11.6. The highest BCUT2D eigenvalue weighted by atomic mass is 16.4. The quantitative estimate of drug-likeness (QED) is 0.812. The van der Waals surface area contributed by atoms with Crippen LogP contribution in [0.5, 0.6) is 0 Å². The van der Waals surface area contributed by atoms with Crippen LogP contribution in [0.4, 0.5) is 0 Å². The largest absolute Gasteiger partial charge is 0.480 e. The SMILES string of the molecule is Cc1nc(CC(=O)NC(C)(C)C(=O)O)oc1C. The van der Waals surface area contributed by atoms with Gasteiger partial charge in [0, 0.05) is 0 Å². The molecular weight excluding hydrogens is 224 g/mol. The minimum atomic E-state index is -1.30. The van der Waals surface area contributed by atoms with E-state index >= 15 is 0 Å². The molecule has 0 aliphatic heterocycles. The first kappa shape index (κ1) is 13.2. The summed E-state index contributed by atoms with van der Waals surface area (Å²) in [5.74, 6) is -0.576. The maximum absolute atomic E-state index is 11.6. The first-order chi connectivity index (χ1) is 7.72. The van der Waals surface area contributed by atoms with E-state index in [0.717, 1.165) is 5.69 Å². The third-order valence-corrected chi connectivity index (χ3v) is 2.37. The lowest BCUT2D eigenvalue weighted by Crippen LogP contribution is -2.50. The maximum Gasteiger partial charge on any atom is 0.328 e. The lowest BCUT2D eigenvalue weighted by atomic mass is 10.1. The number of rotatable bonds is 4. The number of aromatic nitrogens is 1. The van der Waals surface area contributed by atoms with E-state index in [2.05, 4.69) is 10.3 Å². The van der Waals surface area contributed by atoms with Crippen LogP contribution in [0.1, 0.15) is 31.2 Å². The molecule has 1 amide bonds. The first-order valence-electron chi connectivity index (χ1n) is 5.19. The molecule has 2 N–H and O–H groups in total. The number of hydrogen-bond donors (Lipinski definition) is 2. The molecule has 0 unspecified atom stereocenters. The molecule has 0 aromatic carbocycles. The molecule has 0 aliphatic rings. The van der Waals surface area contributed by atoms with Gasteiger partial charge in [-0.25, -0.2) is 9.78 Å². The summed E-state index contributed by atoms with van der Waals surface area (Å²) < 4.78 is 5.24. The lowest BCUT2D eigenvalue weighted by Gasteiger charge is -2.20. The van der Waals surface area contributed by atoms with Gasteiger partial charge in [-0.1, -0.05) is 0 Å². The summed E-state index contributed by atoms with van der Waals surface area (Å²) in [6.45, 7) is 6.37. The second-order valence-electron chi connectivity index (χ2n) is 4.40. The van der Waals surface area contributed by atoms with Gasteiger partial charge in [-0.2, -0.15) is 0 Å². The molecule has 0 fully saturated rings. The first-order valence-corrected chi connectivity index (χ1v) is 5.19. The normalized spacial score (nSPS) is 11.3. The smallest absolute Gasteiger partial charge is 0.328 e. The number of aryl methyl sites for hydroxylation is 2. The van der Waals surface area contributed by atoms with Crippen LogP contribution in [0, 0.1) is 13.8 Å². The fourth-order valence-corrected chi connectivity index (χ4v) is 1.20. The Morgan fingerprint density at radius 2 is 2.00 bits per heavy atom. The van der Waals surface area contributed by atoms with Crippen molar-refractivity contribution in [1.82, 2.24) is 10.3 Å². The second-order valence-corrected chi connectivity index (χ2v) is 4.40. The van der Waals surface area contributed by atoms with Crippen LogP contribution in [-0.2, 0) is 16.0 Å². The van der Waals surface area contributed by atoms with Gasteiger partial charge in [0.05, 0.1) is 5.69 Å². The highest BCUT2D eigenvalue weighted by Crippen LogP contribution is 2.09. The Morgan fingerprint density at radius 3 is 2.41 bits per heavy atom. The molecule has 0 spiro atoms. The van der Waals surface area contributed by atoms with E-state index < -0.39 is 17.4 Å². The van der Waals surface area contributed by atoms with Crippen molar-refractivity contribution in [3.05, 3.63) is 17.3 Å². The molecule has 6 nitrogen and oxygen atoms in total. The second kappa shape index (κ2) is 4.57. The van der Waals surface area contributed by atoms with Crippen LogP contribution < -0.4 is 5.32 Å². The van der Waals surface area contributed by atoms with E-state index in [9.17, 15) is 9.59 Å². The number of carbonyl (C=O) groups is 2. The Bertz CT molecular complexity index is 429. The van der Waals surface area contributed by atoms with Crippen molar-refractivity contribution in [2.45, 2.75) is 39.7 Å². The standard InChI is InChI=1S/C11H16N2O4/c1-6-7(2)17-9(12-6)5-8(14)13-11(3,4)10(15)16/h5H2,1-4H3,(H,13,14)(H,15,16). The molecule has 0 atom stereocenters. The molecule has 0 bridgehead atoms. The number of oxazole rings is 1. The molecular formula is C11H16N2O4. The van der Waals surface area contributed by atoms with Crippen LogP contribution in [0.3, 0.4) is 0 Å². The topological polar surface area (TPSA) is 92.4 Å². The monoisotopic (exact) mass is 240 g/mol. The number of aliphatic carboxylic acids is 1. The van der Waals surface area contributed by atoms with E-state index in [4.69, 9.17) is 9.52 Å². The fraction of sp³-hybridized carbons (Fsp3) is 0.545. The van der Waals surface area contributed by atoms with Gasteiger partial charge in [0.25, 0.3) is 0 Å². The summed E-state index contributed by atoms with van der Waals surface area (Å²) in [4.78, 5) is 26.4. The zero-order valence-corrected chi connectivity index (χ0v) is 10.3. The highest BCUT2D eigenvalue weighted by Gasteiger charge is 2.29. The van der Waals surface area contributed by atoms with E-state index in [1.54, 1.807) is 13.8 Å². The van der Waals surface area contributed by atoms with Crippen molar-refractivity contribution < 1.29 is 19.1 Å². The molecule has 0 saturated carbocycles. The molecule has 0 radical (unpaired) electrons. The summed E-state index contributed by atoms with van der Waals surface area (Å²) in [5, 5.41) is 11.2. The zero-order valence-electron chi connectivity index (χ0n) is 10.3. The molecule has 1 aromatic heterocycles. The molecule has 17 heavy (non-hydrogen) atoms. The number of hydrogen-bond acceptors (Lipinski definition) is 4. The number of nitrogens with one attached hydrogen (secondary N) is 1. The number of carboxylic acid groups (broad SMARTS) is 1. The minimum absolute atomic E-state index is 0.0641. The molecule has 6 heteroatoms.